The molecule has 1 heterocycles. The quantitative estimate of drug-likeness (QED) is 0.850. The maximum atomic E-state index is 11.5. The SMILES string of the molecule is CC(=O)N(C)C1CNc2ccc(C(C)C)cc21. The Labute approximate surface area is 103 Å². The van der Waals surface area contributed by atoms with Gasteiger partial charge < -0.3 is 10.2 Å². The van der Waals surface area contributed by atoms with Crippen LogP contribution in [0.25, 0.3) is 0 Å². The van der Waals surface area contributed by atoms with Crippen LogP contribution in [-0.4, -0.2) is 24.4 Å². The second kappa shape index (κ2) is 4.40. The van der Waals surface area contributed by atoms with Crippen molar-refractivity contribution in [3.63, 3.8) is 0 Å². The van der Waals surface area contributed by atoms with Crippen LogP contribution in [0.2, 0.25) is 0 Å². The number of nitrogens with one attached hydrogen (secondary N) is 1. The molecule has 0 aliphatic carbocycles. The molecule has 1 unspecified atom stereocenters. The van der Waals surface area contributed by atoms with E-state index < -0.39 is 0 Å². The number of hydrogen-bond donors (Lipinski definition) is 1. The minimum atomic E-state index is 0.111. The fourth-order valence-corrected chi connectivity index (χ4v) is 2.26. The monoisotopic (exact) mass is 232 g/mol. The lowest BCUT2D eigenvalue weighted by Gasteiger charge is -2.23. The molecule has 92 valence electrons. The molecular weight excluding hydrogens is 212 g/mol. The predicted octanol–water partition coefficient (Wildman–Crippen LogP) is 2.75. The van der Waals surface area contributed by atoms with Gasteiger partial charge in [-0.3, -0.25) is 4.79 Å². The molecule has 1 N–H and O–H groups in total. The maximum Gasteiger partial charge on any atom is 0.219 e. The third kappa shape index (κ3) is 2.14. The highest BCUT2D eigenvalue weighted by molar-refractivity contribution is 5.75. The highest BCUT2D eigenvalue weighted by Crippen LogP contribution is 2.35. The van der Waals surface area contributed by atoms with E-state index in [1.807, 2.05) is 11.9 Å². The minimum absolute atomic E-state index is 0.111. The molecule has 0 bridgehead atoms. The van der Waals surface area contributed by atoms with Crippen molar-refractivity contribution in [2.24, 2.45) is 0 Å². The fraction of sp³-hybridized carbons (Fsp3) is 0.500. The third-order valence-corrected chi connectivity index (χ3v) is 3.55. The maximum absolute atomic E-state index is 11.5. The van der Waals surface area contributed by atoms with Crippen molar-refractivity contribution < 1.29 is 4.79 Å². The molecule has 3 heteroatoms. The summed E-state index contributed by atoms with van der Waals surface area (Å²) in [6, 6.07) is 6.68. The molecule has 2 rings (SSSR count). The van der Waals surface area contributed by atoms with Crippen molar-refractivity contribution in [3.8, 4) is 0 Å². The molecule has 0 saturated heterocycles. The van der Waals surface area contributed by atoms with E-state index in [9.17, 15) is 4.79 Å². The van der Waals surface area contributed by atoms with Crippen LogP contribution in [0.1, 0.15) is 43.9 Å². The van der Waals surface area contributed by atoms with Crippen LogP contribution in [0.3, 0.4) is 0 Å². The summed E-state index contributed by atoms with van der Waals surface area (Å²) in [6.45, 7) is 6.80. The van der Waals surface area contributed by atoms with Gasteiger partial charge in [0.2, 0.25) is 5.91 Å². The van der Waals surface area contributed by atoms with Crippen molar-refractivity contribution in [2.45, 2.75) is 32.7 Å². The van der Waals surface area contributed by atoms with E-state index in [0.29, 0.717) is 5.92 Å². The summed E-state index contributed by atoms with van der Waals surface area (Å²) >= 11 is 0. The number of carbonyl (C=O) groups is 1. The fourth-order valence-electron chi connectivity index (χ4n) is 2.26. The topological polar surface area (TPSA) is 32.3 Å². The molecule has 3 nitrogen and oxygen atoms in total. The van der Waals surface area contributed by atoms with Crippen LogP contribution in [-0.2, 0) is 4.79 Å². The molecule has 1 aromatic rings. The summed E-state index contributed by atoms with van der Waals surface area (Å²) in [5.74, 6) is 0.629. The lowest BCUT2D eigenvalue weighted by atomic mass is 9.97. The normalized spacial score (nSPS) is 17.8. The summed E-state index contributed by atoms with van der Waals surface area (Å²) in [7, 11) is 1.87. The number of carbonyl (C=O) groups excluding carboxylic acids is 1. The van der Waals surface area contributed by atoms with Gasteiger partial charge in [-0.15, -0.1) is 0 Å². The number of nitrogens with zero attached hydrogens (tertiary/aromatic N) is 1. The van der Waals surface area contributed by atoms with Crippen molar-refractivity contribution in [1.29, 1.82) is 0 Å². The molecule has 0 radical (unpaired) electrons. The molecule has 0 fully saturated rings. The molecule has 1 aromatic carbocycles. The van der Waals surface area contributed by atoms with Gasteiger partial charge in [0.25, 0.3) is 0 Å². The van der Waals surface area contributed by atoms with E-state index in [1.54, 1.807) is 6.92 Å². The zero-order valence-electron chi connectivity index (χ0n) is 10.9. The smallest absolute Gasteiger partial charge is 0.219 e. The van der Waals surface area contributed by atoms with E-state index in [-0.39, 0.29) is 11.9 Å². The Morgan fingerprint density at radius 3 is 2.76 bits per heavy atom. The number of benzene rings is 1. The van der Waals surface area contributed by atoms with Gasteiger partial charge in [0, 0.05) is 26.2 Å². The number of hydrogen-bond acceptors (Lipinski definition) is 2. The molecule has 1 aliphatic heterocycles. The van der Waals surface area contributed by atoms with E-state index in [0.717, 1.165) is 12.2 Å². The Morgan fingerprint density at radius 1 is 1.47 bits per heavy atom. The average molecular weight is 232 g/mol. The standard InChI is InChI=1S/C14H20N2O/c1-9(2)11-5-6-13-12(7-11)14(8-15-13)16(4)10(3)17/h5-7,9,14-15H,8H2,1-4H3. The van der Waals surface area contributed by atoms with Crippen LogP contribution in [0.15, 0.2) is 18.2 Å². The molecule has 0 aromatic heterocycles. The zero-order valence-corrected chi connectivity index (χ0v) is 10.9. The number of rotatable bonds is 2. The summed E-state index contributed by atoms with van der Waals surface area (Å²) in [5, 5.41) is 3.36. The molecular formula is C14H20N2O. The summed E-state index contributed by atoms with van der Waals surface area (Å²) in [6.07, 6.45) is 0. The van der Waals surface area contributed by atoms with Gasteiger partial charge >= 0.3 is 0 Å². The first-order chi connectivity index (χ1) is 8.00. The van der Waals surface area contributed by atoms with Gasteiger partial charge in [0.05, 0.1) is 6.04 Å². The Morgan fingerprint density at radius 2 is 2.18 bits per heavy atom. The molecule has 0 spiro atoms. The highest BCUT2D eigenvalue weighted by atomic mass is 16.2. The van der Waals surface area contributed by atoms with Crippen LogP contribution in [0.4, 0.5) is 5.69 Å². The van der Waals surface area contributed by atoms with Crippen LogP contribution in [0.5, 0.6) is 0 Å². The largest absolute Gasteiger partial charge is 0.382 e. The van der Waals surface area contributed by atoms with Gasteiger partial charge in [-0.25, -0.2) is 0 Å². The van der Waals surface area contributed by atoms with Crippen LogP contribution in [0, 0.1) is 0 Å². The number of fused-ring (bicyclic) bond motifs is 1. The Kier molecular flexibility index (Phi) is 3.09. The highest BCUT2D eigenvalue weighted by Gasteiger charge is 2.27. The molecule has 1 aliphatic rings. The molecule has 1 atom stereocenters. The van der Waals surface area contributed by atoms with Crippen LogP contribution < -0.4 is 5.32 Å². The third-order valence-electron chi connectivity index (χ3n) is 3.55. The van der Waals surface area contributed by atoms with Crippen LogP contribution >= 0.6 is 0 Å². The van der Waals surface area contributed by atoms with Gasteiger partial charge in [-0.2, -0.15) is 0 Å². The molecule has 17 heavy (non-hydrogen) atoms. The van der Waals surface area contributed by atoms with E-state index in [2.05, 4.69) is 37.4 Å². The zero-order chi connectivity index (χ0) is 12.6. The Bertz CT molecular complexity index is 440. The van der Waals surface area contributed by atoms with Crippen molar-refractivity contribution in [3.05, 3.63) is 29.3 Å². The number of amides is 1. The lowest BCUT2D eigenvalue weighted by molar-refractivity contribution is -0.129. The first-order valence-corrected chi connectivity index (χ1v) is 6.12. The summed E-state index contributed by atoms with van der Waals surface area (Å²) < 4.78 is 0. The predicted molar refractivity (Wildman–Crippen MR) is 70.2 cm³/mol. The minimum Gasteiger partial charge on any atom is -0.382 e. The van der Waals surface area contributed by atoms with Gasteiger partial charge in [-0.1, -0.05) is 26.0 Å². The molecule has 0 saturated carbocycles. The second-order valence-corrected chi connectivity index (χ2v) is 5.03. The van der Waals surface area contributed by atoms with Gasteiger partial charge in [0.1, 0.15) is 0 Å². The second-order valence-electron chi connectivity index (χ2n) is 5.03. The first kappa shape index (κ1) is 12.0. The molecule has 1 amide bonds. The van der Waals surface area contributed by atoms with Gasteiger partial charge in [-0.05, 0) is 23.1 Å². The number of anilines is 1. The van der Waals surface area contributed by atoms with Crippen molar-refractivity contribution in [1.82, 2.24) is 4.90 Å². The summed E-state index contributed by atoms with van der Waals surface area (Å²) in [5.41, 5.74) is 3.73. The van der Waals surface area contributed by atoms with Crippen molar-refractivity contribution in [2.75, 3.05) is 18.9 Å². The van der Waals surface area contributed by atoms with Crippen molar-refractivity contribution >= 4 is 11.6 Å². The van der Waals surface area contributed by atoms with Gasteiger partial charge in [0.15, 0.2) is 0 Å². The van der Waals surface area contributed by atoms with E-state index in [1.165, 1.54) is 11.1 Å². The van der Waals surface area contributed by atoms with E-state index in [4.69, 9.17) is 0 Å². The Balaban J connectivity index is 2.35. The van der Waals surface area contributed by atoms with E-state index >= 15 is 0 Å². The summed E-state index contributed by atoms with van der Waals surface area (Å²) in [4.78, 5) is 13.3. The number of likely N-dealkylation sites (N-methyl/N-ethyl adjacent to an activating group) is 1. The average Bonchev–Trinajstić information content (AvgIpc) is 2.70. The lowest BCUT2D eigenvalue weighted by Crippen LogP contribution is -2.30. The Hall–Kier alpha value is -1.51. The first-order valence-electron chi connectivity index (χ1n) is 6.12.